The molecule has 1 amide bonds. The number of carbonyl (C=O) groups is 1. The first-order chi connectivity index (χ1) is 13.3. The Labute approximate surface area is 170 Å². The number of rotatable bonds is 6. The van der Waals surface area contributed by atoms with Crippen molar-refractivity contribution in [3.05, 3.63) is 58.6 Å². The highest BCUT2D eigenvalue weighted by Crippen LogP contribution is 2.39. The van der Waals surface area contributed by atoms with Gasteiger partial charge in [-0.2, -0.15) is 0 Å². The molecule has 1 atom stereocenters. The monoisotopic (exact) mass is 418 g/mol. The van der Waals surface area contributed by atoms with Crippen molar-refractivity contribution in [1.29, 1.82) is 0 Å². The number of hydrogen-bond acceptors (Lipinski definition) is 3. The maximum atomic E-state index is 12.7. The second-order valence-electron chi connectivity index (χ2n) is 7.60. The van der Waals surface area contributed by atoms with Crippen LogP contribution < -0.4 is 9.62 Å². The fourth-order valence-electron chi connectivity index (χ4n) is 3.70. The minimum atomic E-state index is -3.60. The SMILES string of the molecule is C[C@@H]1Cc2cc(S(=O)(=O)NCCc3ccc(Cl)cc3)ccc2N1C(=O)C1CC1. The molecule has 0 aromatic heterocycles. The molecule has 5 nitrogen and oxygen atoms in total. The number of fused-ring (bicyclic) bond motifs is 1. The molecule has 0 unspecified atom stereocenters. The molecule has 1 saturated carbocycles. The van der Waals surface area contributed by atoms with Crippen LogP contribution in [0.4, 0.5) is 5.69 Å². The summed E-state index contributed by atoms with van der Waals surface area (Å²) in [6, 6.07) is 12.5. The van der Waals surface area contributed by atoms with Crippen LogP contribution in [-0.4, -0.2) is 26.9 Å². The number of amides is 1. The lowest BCUT2D eigenvalue weighted by atomic mass is 10.1. The highest BCUT2D eigenvalue weighted by molar-refractivity contribution is 7.89. The van der Waals surface area contributed by atoms with Gasteiger partial charge in [0.05, 0.1) is 4.90 Å². The standard InChI is InChI=1S/C21H23ClN2O3S/c1-14-12-17-13-19(8-9-20(17)24(14)21(25)16-4-5-16)28(26,27)23-11-10-15-2-6-18(22)7-3-15/h2-3,6-9,13-14,16,23H,4-5,10-12H2,1H3/t14-/m1/s1. The summed E-state index contributed by atoms with van der Waals surface area (Å²) in [6.07, 6.45) is 3.19. The van der Waals surface area contributed by atoms with Crippen molar-refractivity contribution in [2.45, 2.75) is 43.5 Å². The normalized spacial score (nSPS) is 18.9. The van der Waals surface area contributed by atoms with Crippen LogP contribution in [0.1, 0.15) is 30.9 Å². The lowest BCUT2D eigenvalue weighted by molar-refractivity contribution is -0.120. The summed E-state index contributed by atoms with van der Waals surface area (Å²) in [5, 5.41) is 0.658. The molecule has 2 aromatic carbocycles. The van der Waals surface area contributed by atoms with Crippen LogP contribution in [0.5, 0.6) is 0 Å². The number of halogens is 1. The fourth-order valence-corrected chi connectivity index (χ4v) is 4.91. The quantitative estimate of drug-likeness (QED) is 0.780. The molecular formula is C21H23ClN2O3S. The predicted molar refractivity (Wildman–Crippen MR) is 110 cm³/mol. The van der Waals surface area contributed by atoms with E-state index in [4.69, 9.17) is 11.6 Å². The topological polar surface area (TPSA) is 66.5 Å². The van der Waals surface area contributed by atoms with Gasteiger partial charge in [0, 0.05) is 29.2 Å². The highest BCUT2D eigenvalue weighted by Gasteiger charge is 2.39. The highest BCUT2D eigenvalue weighted by atomic mass is 35.5. The van der Waals surface area contributed by atoms with Crippen molar-refractivity contribution >= 4 is 33.2 Å². The summed E-state index contributed by atoms with van der Waals surface area (Å²) in [7, 11) is -3.60. The Hall–Kier alpha value is -1.89. The van der Waals surface area contributed by atoms with Gasteiger partial charge in [0.1, 0.15) is 0 Å². The van der Waals surface area contributed by atoms with Crippen molar-refractivity contribution in [2.75, 3.05) is 11.4 Å². The first kappa shape index (κ1) is 19.4. The van der Waals surface area contributed by atoms with Crippen LogP contribution >= 0.6 is 11.6 Å². The maximum absolute atomic E-state index is 12.7. The zero-order valence-electron chi connectivity index (χ0n) is 15.7. The second-order valence-corrected chi connectivity index (χ2v) is 9.80. The van der Waals surface area contributed by atoms with E-state index in [1.165, 1.54) is 0 Å². The number of nitrogens with one attached hydrogen (secondary N) is 1. The number of hydrogen-bond donors (Lipinski definition) is 1. The number of sulfonamides is 1. The summed E-state index contributed by atoms with van der Waals surface area (Å²) in [6.45, 7) is 2.32. The lowest BCUT2D eigenvalue weighted by Gasteiger charge is -2.22. The molecule has 1 N–H and O–H groups in total. The molecular weight excluding hydrogens is 396 g/mol. The first-order valence-corrected chi connectivity index (χ1v) is 11.4. The van der Waals surface area contributed by atoms with E-state index in [0.29, 0.717) is 24.4 Å². The second kappa shape index (κ2) is 7.50. The Balaban J connectivity index is 1.46. The maximum Gasteiger partial charge on any atom is 0.240 e. The summed E-state index contributed by atoms with van der Waals surface area (Å²) >= 11 is 5.87. The molecule has 2 aliphatic rings. The van der Waals surface area contributed by atoms with E-state index in [-0.39, 0.29) is 22.8 Å². The van der Waals surface area contributed by atoms with E-state index in [9.17, 15) is 13.2 Å². The third-order valence-corrected chi connectivity index (χ3v) is 7.07. The van der Waals surface area contributed by atoms with E-state index in [1.807, 2.05) is 24.0 Å². The molecule has 28 heavy (non-hydrogen) atoms. The van der Waals surface area contributed by atoms with E-state index in [2.05, 4.69) is 4.72 Å². The van der Waals surface area contributed by atoms with Gasteiger partial charge in [-0.1, -0.05) is 23.7 Å². The minimum Gasteiger partial charge on any atom is -0.309 e. The van der Waals surface area contributed by atoms with Crippen LogP contribution in [0.3, 0.4) is 0 Å². The summed E-state index contributed by atoms with van der Waals surface area (Å²) in [5.41, 5.74) is 2.79. The van der Waals surface area contributed by atoms with Crippen molar-refractivity contribution in [3.63, 3.8) is 0 Å². The molecule has 1 aliphatic heterocycles. The molecule has 7 heteroatoms. The van der Waals surface area contributed by atoms with Crippen LogP contribution in [0.15, 0.2) is 47.4 Å². The average Bonchev–Trinajstić information content (AvgIpc) is 3.45. The zero-order valence-corrected chi connectivity index (χ0v) is 17.3. The first-order valence-electron chi connectivity index (χ1n) is 9.55. The largest absolute Gasteiger partial charge is 0.309 e. The molecule has 0 radical (unpaired) electrons. The van der Waals surface area contributed by atoms with Gasteiger partial charge in [0.2, 0.25) is 15.9 Å². The summed E-state index contributed by atoms with van der Waals surface area (Å²) in [5.74, 6) is 0.314. The van der Waals surface area contributed by atoms with Crippen LogP contribution in [0.2, 0.25) is 5.02 Å². The van der Waals surface area contributed by atoms with E-state index < -0.39 is 10.0 Å². The van der Waals surface area contributed by atoms with Gasteiger partial charge >= 0.3 is 0 Å². The molecule has 1 aliphatic carbocycles. The van der Waals surface area contributed by atoms with Crippen LogP contribution in [0, 0.1) is 5.92 Å². The van der Waals surface area contributed by atoms with Gasteiger partial charge in [0.15, 0.2) is 0 Å². The Morgan fingerprint density at radius 2 is 1.89 bits per heavy atom. The van der Waals surface area contributed by atoms with Gasteiger partial charge in [-0.05, 0) is 74.1 Å². The van der Waals surface area contributed by atoms with E-state index >= 15 is 0 Å². The van der Waals surface area contributed by atoms with Crippen LogP contribution in [0.25, 0.3) is 0 Å². The molecule has 148 valence electrons. The molecule has 1 fully saturated rings. The Morgan fingerprint density at radius 1 is 1.18 bits per heavy atom. The molecule has 0 saturated heterocycles. The zero-order chi connectivity index (χ0) is 19.9. The van der Waals surface area contributed by atoms with Gasteiger partial charge in [0.25, 0.3) is 0 Å². The lowest BCUT2D eigenvalue weighted by Crippen LogP contribution is -2.36. The average molecular weight is 419 g/mol. The Bertz CT molecular complexity index is 1000. The van der Waals surface area contributed by atoms with E-state index in [0.717, 1.165) is 29.7 Å². The third kappa shape index (κ3) is 3.95. The van der Waals surface area contributed by atoms with Gasteiger partial charge in [-0.15, -0.1) is 0 Å². The molecule has 0 spiro atoms. The Kier molecular flexibility index (Phi) is 5.21. The smallest absolute Gasteiger partial charge is 0.240 e. The number of anilines is 1. The molecule has 0 bridgehead atoms. The molecule has 2 aromatic rings. The Morgan fingerprint density at radius 3 is 2.57 bits per heavy atom. The van der Waals surface area contributed by atoms with Gasteiger partial charge < -0.3 is 4.90 Å². The summed E-state index contributed by atoms with van der Waals surface area (Å²) < 4.78 is 28.0. The van der Waals surface area contributed by atoms with Crippen molar-refractivity contribution in [1.82, 2.24) is 4.72 Å². The van der Waals surface area contributed by atoms with Gasteiger partial charge in [-0.25, -0.2) is 13.1 Å². The van der Waals surface area contributed by atoms with Crippen molar-refractivity contribution in [2.24, 2.45) is 5.92 Å². The third-order valence-electron chi connectivity index (χ3n) is 5.36. The molecule has 1 heterocycles. The van der Waals surface area contributed by atoms with E-state index in [1.54, 1.807) is 30.3 Å². The van der Waals surface area contributed by atoms with Crippen molar-refractivity contribution < 1.29 is 13.2 Å². The van der Waals surface area contributed by atoms with Gasteiger partial charge in [-0.3, -0.25) is 4.79 Å². The van der Waals surface area contributed by atoms with Crippen molar-refractivity contribution in [3.8, 4) is 0 Å². The predicted octanol–water partition coefficient (Wildman–Crippen LogP) is 3.55. The number of carbonyl (C=O) groups excluding carboxylic acids is 1. The molecule has 4 rings (SSSR count). The minimum absolute atomic E-state index is 0.0684. The number of benzene rings is 2. The fraction of sp³-hybridized carbons (Fsp3) is 0.381. The van der Waals surface area contributed by atoms with Crippen LogP contribution in [-0.2, 0) is 27.7 Å². The summed E-state index contributed by atoms with van der Waals surface area (Å²) in [4.78, 5) is 14.6. The number of nitrogens with zero attached hydrogens (tertiary/aromatic N) is 1.